The largest absolute Gasteiger partial charge is 1.00 e. The van der Waals surface area contributed by atoms with E-state index in [9.17, 15) is 13.0 Å². The first-order valence-electron chi connectivity index (χ1n) is 17.5. The second-order valence-corrected chi connectivity index (χ2v) is 15.0. The van der Waals surface area contributed by atoms with Gasteiger partial charge in [0.25, 0.3) is 0 Å². The maximum atomic E-state index is 12.3. The van der Waals surface area contributed by atoms with E-state index in [1.54, 1.807) is 52.1 Å². The van der Waals surface area contributed by atoms with Gasteiger partial charge in [0.05, 0.1) is 22.0 Å². The molecule has 23 heteroatoms. The van der Waals surface area contributed by atoms with Gasteiger partial charge >= 0.3 is 110 Å². The Bertz CT molecular complexity index is 3520. The molecule has 9 rings (SSSR count). The smallest absolute Gasteiger partial charge is 0.744 e. The summed E-state index contributed by atoms with van der Waals surface area (Å²) in [5.74, 6) is 0. The molecule has 0 radical (unpaired) electrons. The average molecular weight is 939 g/mol. The Morgan fingerprint density at radius 2 is 1.22 bits per heavy atom. The van der Waals surface area contributed by atoms with Crippen molar-refractivity contribution in [2.45, 2.75) is 11.8 Å². The van der Waals surface area contributed by atoms with E-state index in [2.05, 4.69) is 62.8 Å². The monoisotopic (exact) mass is 938 g/mol. The maximum absolute atomic E-state index is 12.3. The number of rotatable bonds is 7. The summed E-state index contributed by atoms with van der Waals surface area (Å²) in [5.41, 5.74) is 7.32. The van der Waals surface area contributed by atoms with E-state index >= 15 is 0 Å². The first kappa shape index (κ1) is 52.0. The minimum Gasteiger partial charge on any atom is -0.744 e. The van der Waals surface area contributed by atoms with Crippen molar-refractivity contribution in [3.63, 3.8) is 0 Å². The Morgan fingerprint density at radius 1 is 0.609 bits per heavy atom. The van der Waals surface area contributed by atoms with Crippen LogP contribution in [0.2, 0.25) is 0 Å². The first-order chi connectivity index (χ1) is 29.2. The van der Waals surface area contributed by atoms with Crippen molar-refractivity contribution < 1.29 is 127 Å². The van der Waals surface area contributed by atoms with Gasteiger partial charge in [-0.05, 0) is 60.3 Å². The standard InChI is InChI=1S/C41H26N8O3S.3Na.2O3S/c1-26-6-21-36-30(24-26)13-23-38-41(36)47-49(45-38)34-19-15-31(16-20-34)42-43-32-14-11-29(39(25-32)53(50,51)52)10-7-27-8-17-33(18-9-27)48-44-37-22-12-28-4-2-3-5-35(28)40(37)46-48;;;;2*1-4(2)3/h2-8,10-11,13-25H,1H3,(H,50,51,52);;;;;/q-2;3*+1;;/p-1. The summed E-state index contributed by atoms with van der Waals surface area (Å²) in [7, 11) is -11.1. The number of hydrogen-bond donors (Lipinski definition) is 0. The minimum absolute atomic E-state index is 0. The molecule has 0 saturated heterocycles. The van der Waals surface area contributed by atoms with Crippen LogP contribution in [0.3, 0.4) is 0 Å². The third-order valence-corrected chi connectivity index (χ3v) is 9.72. The molecule has 0 fully saturated rings. The summed E-state index contributed by atoms with van der Waals surface area (Å²) in [6, 6.07) is 43.2. The molecule has 0 bridgehead atoms. The van der Waals surface area contributed by atoms with Crippen LogP contribution >= 0.6 is 0 Å². The van der Waals surface area contributed by atoms with Crippen molar-refractivity contribution in [1.82, 2.24) is 30.0 Å². The van der Waals surface area contributed by atoms with E-state index in [1.165, 1.54) is 17.7 Å². The van der Waals surface area contributed by atoms with E-state index < -0.39 is 36.2 Å². The van der Waals surface area contributed by atoms with Gasteiger partial charge < -0.3 is 4.55 Å². The summed E-state index contributed by atoms with van der Waals surface area (Å²) in [6.07, 6.45) is 3.22. The number of aromatic nitrogens is 6. The number of hydrogen-bond acceptors (Lipinski definition) is 15. The molecule has 0 spiro atoms. The molecule has 0 saturated carbocycles. The van der Waals surface area contributed by atoms with E-state index in [4.69, 9.17) is 30.4 Å². The van der Waals surface area contributed by atoms with E-state index in [0.717, 1.165) is 49.3 Å². The van der Waals surface area contributed by atoms with Crippen molar-refractivity contribution in [2.75, 3.05) is 0 Å². The van der Waals surface area contributed by atoms with Crippen LogP contribution in [0.4, 0.5) is 11.4 Å². The zero-order valence-corrected chi connectivity index (χ0v) is 42.6. The molecular weight excluding hydrogens is 914 g/mol. The first-order valence-corrected chi connectivity index (χ1v) is 20.9. The summed E-state index contributed by atoms with van der Waals surface area (Å²) >= 11 is 0. The van der Waals surface area contributed by atoms with Crippen LogP contribution in [-0.2, 0) is 31.3 Å². The second-order valence-electron chi connectivity index (χ2n) is 12.8. The van der Waals surface area contributed by atoms with Gasteiger partial charge in [0, 0.05) is 22.1 Å². The third kappa shape index (κ3) is 13.0. The summed E-state index contributed by atoms with van der Waals surface area (Å²) < 4.78 is 87.5. The molecule has 2 aromatic heterocycles. The molecule has 0 aliphatic rings. The summed E-state index contributed by atoms with van der Waals surface area (Å²) in [6.45, 7) is 2.06. The van der Waals surface area contributed by atoms with Crippen LogP contribution in [0, 0.1) is 19.1 Å². The fourth-order valence-corrected chi connectivity index (χ4v) is 6.86. The fraction of sp³-hybridized carbons (Fsp3) is 0.0244. The van der Waals surface area contributed by atoms with Crippen molar-refractivity contribution >= 4 is 98.5 Å². The van der Waals surface area contributed by atoms with Gasteiger partial charge in [-0.1, -0.05) is 59.5 Å². The van der Waals surface area contributed by atoms with Gasteiger partial charge in [0.2, 0.25) is 0 Å². The second kappa shape index (κ2) is 23.0. The van der Waals surface area contributed by atoms with Gasteiger partial charge in [0.1, 0.15) is 21.2 Å². The van der Waals surface area contributed by atoms with Crippen molar-refractivity contribution in [1.29, 1.82) is 0 Å². The predicted octanol–water partition coefficient (Wildman–Crippen LogP) is -2.14. The van der Waals surface area contributed by atoms with Gasteiger partial charge in [-0.2, -0.15) is 25.7 Å². The molecule has 0 aliphatic carbocycles. The SMILES string of the molecule is Cc1ccc2c(ccc3nn(-c4ccc(N=Nc5ccc(C=Cc6[c-]cc(-n7nc8c[c-]c9ccccc9c8n7)cc6)c(S(=O)(=O)[O-])c5)cc4)nc32)c1.O=S(=O)=O.O=S(=O)=O.[Na+].[Na+].[Na+]. The van der Waals surface area contributed by atoms with Gasteiger partial charge in [0.15, 0.2) is 0 Å². The third-order valence-electron chi connectivity index (χ3n) is 8.83. The molecule has 0 unspecified atom stereocenters. The fourth-order valence-electron chi connectivity index (χ4n) is 6.17. The van der Waals surface area contributed by atoms with Gasteiger partial charge in [-0.3, -0.25) is 0 Å². The quantitative estimate of drug-likeness (QED) is 0.0546. The molecule has 304 valence electrons. The Labute approximate surface area is 434 Å². The Balaban J connectivity index is 0.000000756. The van der Waals surface area contributed by atoms with Crippen LogP contribution in [-0.4, -0.2) is 68.2 Å². The average Bonchev–Trinajstić information content (AvgIpc) is 3.88. The van der Waals surface area contributed by atoms with Crippen molar-refractivity contribution in [3.8, 4) is 11.4 Å². The Hall–Kier alpha value is -4.65. The van der Waals surface area contributed by atoms with Gasteiger partial charge in [-0.15, -0.1) is 95.4 Å². The number of nitrogens with zero attached hydrogens (tertiary/aromatic N) is 8. The molecule has 64 heavy (non-hydrogen) atoms. The van der Waals surface area contributed by atoms with E-state index in [0.29, 0.717) is 16.9 Å². The Morgan fingerprint density at radius 3 is 1.89 bits per heavy atom. The van der Waals surface area contributed by atoms with Crippen molar-refractivity contribution in [3.05, 3.63) is 150 Å². The van der Waals surface area contributed by atoms with Crippen molar-refractivity contribution in [2.24, 2.45) is 10.2 Å². The van der Waals surface area contributed by atoms with E-state index in [1.807, 2.05) is 60.7 Å². The van der Waals surface area contributed by atoms with Crippen LogP contribution in [0.1, 0.15) is 16.7 Å². The zero-order valence-electron chi connectivity index (χ0n) is 34.2. The molecule has 0 amide bonds. The topological polar surface area (TPSA) is 246 Å². The van der Waals surface area contributed by atoms with E-state index in [-0.39, 0.29) is 99.9 Å². The molecule has 7 aromatic carbocycles. The normalized spacial score (nSPS) is 11.0. The van der Waals surface area contributed by atoms with Crippen LogP contribution < -0.4 is 88.7 Å². The summed E-state index contributed by atoms with van der Waals surface area (Å²) in [4.78, 5) is 2.71. The molecule has 0 aliphatic heterocycles. The minimum atomic E-state index is -4.83. The molecular formula is C41H25N8Na3O9S3. The van der Waals surface area contributed by atoms with Gasteiger partial charge in [-0.25, -0.2) is 18.3 Å². The van der Waals surface area contributed by atoms with Crippen LogP contribution in [0.25, 0.3) is 67.1 Å². The molecule has 0 N–H and O–H groups in total. The van der Waals surface area contributed by atoms with Crippen LogP contribution in [0.15, 0.2) is 136 Å². The number of azo groups is 1. The maximum Gasteiger partial charge on any atom is 1.00 e. The molecule has 2 heterocycles. The summed E-state index contributed by atoms with van der Waals surface area (Å²) in [5, 5.41) is 31.1. The number of aryl methyl sites for hydroxylation is 1. The molecule has 9 aromatic rings. The zero-order chi connectivity index (χ0) is 43.3. The molecule has 0 atom stereocenters. The Kier molecular flexibility index (Phi) is 18.7. The predicted molar refractivity (Wildman–Crippen MR) is 222 cm³/mol. The number of benzene rings is 7. The number of fused-ring (bicyclic) bond motifs is 6. The molecule has 17 nitrogen and oxygen atoms in total. The van der Waals surface area contributed by atoms with Crippen LogP contribution in [0.5, 0.6) is 0 Å².